The summed E-state index contributed by atoms with van der Waals surface area (Å²) >= 11 is 0. The monoisotopic (exact) mass is 218 g/mol. The fourth-order valence-corrected chi connectivity index (χ4v) is 0.855. The first-order valence-corrected chi connectivity index (χ1v) is 4.80. The molecule has 88 valence electrons. The molecule has 1 amide bonds. The molecule has 0 aliphatic heterocycles. The molecule has 0 aromatic rings. The van der Waals surface area contributed by atoms with Crippen LogP contribution in [0.15, 0.2) is 0 Å². The van der Waals surface area contributed by atoms with E-state index in [-0.39, 0.29) is 30.8 Å². The lowest BCUT2D eigenvalue weighted by Crippen LogP contribution is -2.40. The van der Waals surface area contributed by atoms with Crippen molar-refractivity contribution < 1.29 is 19.8 Å². The molecule has 0 rings (SSSR count). The van der Waals surface area contributed by atoms with Gasteiger partial charge in [-0.15, -0.1) is 0 Å². The largest absolute Gasteiger partial charge is 0.479 e. The van der Waals surface area contributed by atoms with Gasteiger partial charge in [0.2, 0.25) is 5.91 Å². The fraction of sp³-hybridized carbons (Fsp3) is 0.778. The summed E-state index contributed by atoms with van der Waals surface area (Å²) in [7, 11) is 0. The number of carboxylic acid groups (broad SMARTS) is 1. The van der Waals surface area contributed by atoms with Gasteiger partial charge in [-0.2, -0.15) is 0 Å². The average Bonchev–Trinajstić information content (AvgIpc) is 2.15. The molecule has 0 saturated heterocycles. The van der Waals surface area contributed by atoms with Crippen molar-refractivity contribution in [1.82, 2.24) is 5.32 Å². The molecule has 0 aromatic carbocycles. The summed E-state index contributed by atoms with van der Waals surface area (Å²) < 4.78 is 0. The summed E-state index contributed by atoms with van der Waals surface area (Å²) in [5.41, 5.74) is 5.51. The second-order valence-electron chi connectivity index (χ2n) is 3.58. The molecule has 0 heterocycles. The molecule has 0 bridgehead atoms. The Morgan fingerprint density at radius 3 is 2.33 bits per heavy atom. The van der Waals surface area contributed by atoms with Gasteiger partial charge in [0, 0.05) is 24.9 Å². The maximum atomic E-state index is 11.3. The molecule has 0 aliphatic carbocycles. The van der Waals surface area contributed by atoms with Gasteiger partial charge in [-0.3, -0.25) is 4.79 Å². The van der Waals surface area contributed by atoms with E-state index in [9.17, 15) is 9.59 Å². The summed E-state index contributed by atoms with van der Waals surface area (Å²) in [4.78, 5) is 21.6. The number of amides is 1. The molecule has 6 nitrogen and oxygen atoms in total. The predicted octanol–water partition coefficient (Wildman–Crippen LogP) is -1.08. The Morgan fingerprint density at radius 1 is 1.40 bits per heavy atom. The number of aliphatic carboxylic acids is 1. The highest BCUT2D eigenvalue weighted by atomic mass is 16.4. The van der Waals surface area contributed by atoms with Crippen molar-refractivity contribution in [3.8, 4) is 0 Å². The van der Waals surface area contributed by atoms with Crippen LogP contribution in [0.2, 0.25) is 0 Å². The minimum absolute atomic E-state index is 0.00720. The molecule has 0 saturated carbocycles. The van der Waals surface area contributed by atoms with Gasteiger partial charge in [0.25, 0.3) is 0 Å². The van der Waals surface area contributed by atoms with Crippen LogP contribution < -0.4 is 11.1 Å². The van der Waals surface area contributed by atoms with Crippen molar-refractivity contribution in [2.24, 2.45) is 11.7 Å². The highest BCUT2D eigenvalue weighted by Crippen LogP contribution is 1.99. The van der Waals surface area contributed by atoms with Crippen LogP contribution in [0.4, 0.5) is 0 Å². The van der Waals surface area contributed by atoms with Crippen LogP contribution in [0.5, 0.6) is 0 Å². The quantitative estimate of drug-likeness (QED) is 0.453. The molecule has 3 unspecified atom stereocenters. The first kappa shape index (κ1) is 13.9. The number of nitrogens with one attached hydrogen (secondary N) is 1. The van der Waals surface area contributed by atoms with Gasteiger partial charge in [-0.1, -0.05) is 6.92 Å². The number of carbonyl (C=O) groups is 2. The lowest BCUT2D eigenvalue weighted by atomic mass is 10.0. The maximum absolute atomic E-state index is 11.3. The number of aliphatic hydroxyl groups is 1. The van der Waals surface area contributed by atoms with E-state index in [4.69, 9.17) is 15.9 Å². The van der Waals surface area contributed by atoms with Crippen LogP contribution in [-0.4, -0.2) is 40.8 Å². The van der Waals surface area contributed by atoms with E-state index in [0.29, 0.717) is 0 Å². The third-order valence-electron chi connectivity index (χ3n) is 2.20. The topological polar surface area (TPSA) is 113 Å². The number of rotatable bonds is 6. The highest BCUT2D eigenvalue weighted by molar-refractivity contribution is 5.79. The van der Waals surface area contributed by atoms with Gasteiger partial charge in [-0.25, -0.2) is 4.79 Å². The minimum Gasteiger partial charge on any atom is -0.479 e. The molecule has 0 aliphatic rings. The second-order valence-corrected chi connectivity index (χ2v) is 3.58. The summed E-state index contributed by atoms with van der Waals surface area (Å²) in [6.45, 7) is 3.54. The van der Waals surface area contributed by atoms with E-state index in [1.54, 1.807) is 13.8 Å². The van der Waals surface area contributed by atoms with Crippen LogP contribution in [0.3, 0.4) is 0 Å². The van der Waals surface area contributed by atoms with E-state index in [2.05, 4.69) is 5.32 Å². The Morgan fingerprint density at radius 2 is 1.93 bits per heavy atom. The van der Waals surface area contributed by atoms with Crippen molar-refractivity contribution in [3.63, 3.8) is 0 Å². The van der Waals surface area contributed by atoms with Gasteiger partial charge in [0.1, 0.15) is 0 Å². The zero-order valence-corrected chi connectivity index (χ0v) is 8.93. The van der Waals surface area contributed by atoms with E-state index in [0.717, 1.165) is 0 Å². The fourth-order valence-electron chi connectivity index (χ4n) is 0.855. The maximum Gasteiger partial charge on any atom is 0.332 e. The van der Waals surface area contributed by atoms with Crippen molar-refractivity contribution in [3.05, 3.63) is 0 Å². The van der Waals surface area contributed by atoms with Crippen LogP contribution in [0.25, 0.3) is 0 Å². The summed E-state index contributed by atoms with van der Waals surface area (Å²) in [6.07, 6.45) is -1.44. The van der Waals surface area contributed by atoms with Crippen LogP contribution in [-0.2, 0) is 9.59 Å². The Kier molecular flexibility index (Phi) is 5.88. The molecule has 0 spiro atoms. The van der Waals surface area contributed by atoms with E-state index in [1.807, 2.05) is 0 Å². The van der Waals surface area contributed by atoms with Gasteiger partial charge in [-0.05, 0) is 6.92 Å². The van der Waals surface area contributed by atoms with Crippen molar-refractivity contribution >= 4 is 11.9 Å². The molecule has 0 radical (unpaired) electrons. The summed E-state index contributed by atoms with van der Waals surface area (Å²) in [5, 5.41) is 19.8. The molecule has 0 aromatic heterocycles. The highest BCUT2D eigenvalue weighted by Gasteiger charge is 2.18. The number of nitrogens with two attached hydrogens (primary N) is 1. The number of hydrogen-bond donors (Lipinski definition) is 4. The van der Waals surface area contributed by atoms with E-state index in [1.165, 1.54) is 0 Å². The van der Waals surface area contributed by atoms with Gasteiger partial charge in [0.15, 0.2) is 6.10 Å². The number of carboxylic acids is 1. The Hall–Kier alpha value is -1.14. The third kappa shape index (κ3) is 5.34. The Bertz CT molecular complexity index is 230. The molecule has 5 N–H and O–H groups in total. The van der Waals surface area contributed by atoms with Crippen LogP contribution in [0.1, 0.15) is 20.3 Å². The van der Waals surface area contributed by atoms with Crippen molar-refractivity contribution in [2.45, 2.75) is 32.4 Å². The zero-order valence-electron chi connectivity index (χ0n) is 8.93. The average molecular weight is 218 g/mol. The smallest absolute Gasteiger partial charge is 0.332 e. The van der Waals surface area contributed by atoms with E-state index < -0.39 is 12.1 Å². The summed E-state index contributed by atoms with van der Waals surface area (Å²) in [5.74, 6) is -1.85. The van der Waals surface area contributed by atoms with E-state index >= 15 is 0 Å². The predicted molar refractivity (Wildman–Crippen MR) is 54.1 cm³/mol. The van der Waals surface area contributed by atoms with Crippen molar-refractivity contribution in [2.75, 3.05) is 6.54 Å². The van der Waals surface area contributed by atoms with Crippen molar-refractivity contribution in [1.29, 1.82) is 0 Å². The molecule has 0 fully saturated rings. The Balaban J connectivity index is 3.78. The SMILES string of the molecule is CC(N)C(C)C(=O)NCCC(O)C(=O)O. The second kappa shape index (κ2) is 6.36. The van der Waals surface area contributed by atoms with Gasteiger partial charge >= 0.3 is 5.97 Å². The van der Waals surface area contributed by atoms with Crippen LogP contribution in [0, 0.1) is 5.92 Å². The zero-order chi connectivity index (χ0) is 12.0. The lowest BCUT2D eigenvalue weighted by molar-refractivity contribution is -0.147. The molecule has 6 heteroatoms. The Labute approximate surface area is 88.5 Å². The molecule has 15 heavy (non-hydrogen) atoms. The normalized spacial score (nSPS) is 16.5. The minimum atomic E-state index is -1.43. The number of carbonyl (C=O) groups excluding carboxylic acids is 1. The summed E-state index contributed by atoms with van der Waals surface area (Å²) in [6, 6.07) is -0.255. The lowest BCUT2D eigenvalue weighted by Gasteiger charge is -2.15. The van der Waals surface area contributed by atoms with Crippen LogP contribution >= 0.6 is 0 Å². The number of hydrogen-bond acceptors (Lipinski definition) is 4. The standard InChI is InChI=1S/C9H18N2O4/c1-5(6(2)10)8(13)11-4-3-7(12)9(14)15/h5-7,12H,3-4,10H2,1-2H3,(H,11,13)(H,14,15). The first-order valence-electron chi connectivity index (χ1n) is 4.80. The molecular weight excluding hydrogens is 200 g/mol. The molecular formula is C9H18N2O4. The van der Waals surface area contributed by atoms with Gasteiger partial charge in [0.05, 0.1) is 0 Å². The number of aliphatic hydroxyl groups excluding tert-OH is 1. The third-order valence-corrected chi connectivity index (χ3v) is 2.20. The first-order chi connectivity index (χ1) is 6.86. The van der Waals surface area contributed by atoms with Gasteiger partial charge < -0.3 is 21.3 Å². The molecule has 3 atom stereocenters.